The van der Waals surface area contributed by atoms with E-state index in [-0.39, 0.29) is 23.6 Å². The Hall–Kier alpha value is -2.36. The third-order valence-corrected chi connectivity index (χ3v) is 6.99. The summed E-state index contributed by atoms with van der Waals surface area (Å²) < 4.78 is 32.7. The van der Waals surface area contributed by atoms with E-state index in [4.69, 9.17) is 14.0 Å². The van der Waals surface area contributed by atoms with Crippen LogP contribution in [0.2, 0.25) is 0 Å². The van der Waals surface area contributed by atoms with Crippen molar-refractivity contribution in [1.29, 1.82) is 0 Å². The number of fused-ring (bicyclic) bond motifs is 1. The van der Waals surface area contributed by atoms with Gasteiger partial charge in [0, 0.05) is 50.3 Å². The smallest absolute Gasteiger partial charge is 0.291 e. The highest BCUT2D eigenvalue weighted by atomic mass is 19.1. The molecule has 1 aliphatic carbocycles. The standard InChI is InChI=1S/C24H32FN5O3/c1-15(2)21-19-5-4-6-20(25)22(19)30(27-21)24-26-23(33-28-24)16-13-18(14-16)29(9-12-31-3)17-7-10-32-11-8-17/h4-6,15-18H,7-14H2,1-3H3/t16-,18+. The van der Waals surface area contributed by atoms with Crippen molar-refractivity contribution in [2.45, 2.75) is 63.5 Å². The number of hydrogen-bond acceptors (Lipinski definition) is 7. The van der Waals surface area contributed by atoms with Crippen LogP contribution in [-0.4, -0.2) is 70.4 Å². The number of benzene rings is 1. The number of para-hydroxylation sites is 1. The third-order valence-electron chi connectivity index (χ3n) is 6.99. The van der Waals surface area contributed by atoms with Crippen LogP contribution >= 0.6 is 0 Å². The van der Waals surface area contributed by atoms with Crippen LogP contribution in [0.1, 0.15) is 63.0 Å². The van der Waals surface area contributed by atoms with E-state index in [1.807, 2.05) is 19.9 Å². The number of aromatic nitrogens is 4. The molecule has 178 valence electrons. The molecule has 3 aromatic rings. The Balaban J connectivity index is 1.33. The Bertz CT molecular complexity index is 1090. The molecule has 3 heterocycles. The number of methoxy groups -OCH3 is 1. The number of halogens is 1. The lowest BCUT2D eigenvalue weighted by Crippen LogP contribution is -2.52. The molecule has 1 aromatic carbocycles. The molecule has 9 heteroatoms. The summed E-state index contributed by atoms with van der Waals surface area (Å²) in [6.45, 7) is 7.37. The second-order valence-electron chi connectivity index (χ2n) is 9.42. The zero-order chi connectivity index (χ0) is 22.9. The molecular formula is C24H32FN5O3. The normalized spacial score (nSPS) is 21.9. The molecule has 2 fully saturated rings. The van der Waals surface area contributed by atoms with E-state index in [9.17, 15) is 4.39 Å². The summed E-state index contributed by atoms with van der Waals surface area (Å²) in [6, 6.07) is 6.04. The van der Waals surface area contributed by atoms with E-state index in [0.29, 0.717) is 23.5 Å². The molecule has 1 saturated carbocycles. The van der Waals surface area contributed by atoms with Gasteiger partial charge in [0.1, 0.15) is 11.3 Å². The molecule has 0 radical (unpaired) electrons. The van der Waals surface area contributed by atoms with Gasteiger partial charge in [0.05, 0.1) is 12.3 Å². The van der Waals surface area contributed by atoms with E-state index >= 15 is 0 Å². The van der Waals surface area contributed by atoms with Crippen molar-refractivity contribution < 1.29 is 18.4 Å². The lowest BCUT2D eigenvalue weighted by Gasteiger charge is -2.46. The predicted octanol–water partition coefficient (Wildman–Crippen LogP) is 4.04. The van der Waals surface area contributed by atoms with E-state index < -0.39 is 0 Å². The van der Waals surface area contributed by atoms with Crippen LogP contribution in [0, 0.1) is 5.82 Å². The van der Waals surface area contributed by atoms with Gasteiger partial charge in [-0.15, -0.1) is 0 Å². The molecule has 1 saturated heterocycles. The minimum atomic E-state index is -0.341. The van der Waals surface area contributed by atoms with Gasteiger partial charge in [-0.25, -0.2) is 4.39 Å². The van der Waals surface area contributed by atoms with Gasteiger partial charge in [-0.2, -0.15) is 14.8 Å². The summed E-state index contributed by atoms with van der Waals surface area (Å²) >= 11 is 0. The molecule has 0 amide bonds. The Morgan fingerprint density at radius 2 is 2.00 bits per heavy atom. The van der Waals surface area contributed by atoms with Crippen LogP contribution in [0.4, 0.5) is 4.39 Å². The molecule has 1 aliphatic heterocycles. The Morgan fingerprint density at radius 3 is 2.73 bits per heavy atom. The molecule has 5 rings (SSSR count). The molecule has 0 unspecified atom stereocenters. The van der Waals surface area contributed by atoms with E-state index in [2.05, 4.69) is 20.1 Å². The van der Waals surface area contributed by atoms with Crippen LogP contribution in [0.25, 0.3) is 16.9 Å². The molecule has 2 aromatic heterocycles. The first kappa shape index (κ1) is 22.4. The molecule has 0 N–H and O–H groups in total. The average Bonchev–Trinajstić information content (AvgIpc) is 3.41. The van der Waals surface area contributed by atoms with Gasteiger partial charge in [-0.1, -0.05) is 26.0 Å². The molecule has 2 aliphatic rings. The number of hydrogen-bond donors (Lipinski definition) is 0. The quantitative estimate of drug-likeness (QED) is 0.505. The molecule has 0 atom stereocenters. The Morgan fingerprint density at radius 1 is 1.21 bits per heavy atom. The van der Waals surface area contributed by atoms with Crippen molar-refractivity contribution in [3.05, 3.63) is 35.6 Å². The van der Waals surface area contributed by atoms with Gasteiger partial charge in [-0.3, -0.25) is 4.90 Å². The number of ether oxygens (including phenoxy) is 2. The maximum Gasteiger partial charge on any atom is 0.291 e. The van der Waals surface area contributed by atoms with Gasteiger partial charge in [0.15, 0.2) is 0 Å². The monoisotopic (exact) mass is 457 g/mol. The van der Waals surface area contributed by atoms with Crippen LogP contribution < -0.4 is 0 Å². The van der Waals surface area contributed by atoms with Crippen LogP contribution in [0.5, 0.6) is 0 Å². The fourth-order valence-corrected chi connectivity index (χ4v) is 5.14. The summed E-state index contributed by atoms with van der Waals surface area (Å²) in [7, 11) is 1.75. The summed E-state index contributed by atoms with van der Waals surface area (Å²) in [6.07, 6.45) is 4.06. The SMILES string of the molecule is COCCN(C1CCOCC1)[C@H]1C[C@@H](c2nc(-n3nc(C(C)C)c4cccc(F)c43)no2)C1. The maximum absolute atomic E-state index is 14.7. The molecule has 0 spiro atoms. The summed E-state index contributed by atoms with van der Waals surface area (Å²) in [5.41, 5.74) is 1.22. The zero-order valence-corrected chi connectivity index (χ0v) is 19.5. The van der Waals surface area contributed by atoms with Crippen molar-refractivity contribution >= 4 is 10.9 Å². The van der Waals surface area contributed by atoms with Crippen molar-refractivity contribution in [3.8, 4) is 5.95 Å². The number of rotatable bonds is 8. The van der Waals surface area contributed by atoms with Gasteiger partial charge in [-0.05, 0) is 42.8 Å². The van der Waals surface area contributed by atoms with Gasteiger partial charge in [0.25, 0.3) is 5.95 Å². The van der Waals surface area contributed by atoms with E-state index in [1.165, 1.54) is 10.7 Å². The van der Waals surface area contributed by atoms with E-state index in [1.54, 1.807) is 13.2 Å². The average molecular weight is 458 g/mol. The lowest BCUT2D eigenvalue weighted by molar-refractivity contribution is -0.0186. The first-order valence-corrected chi connectivity index (χ1v) is 11.9. The maximum atomic E-state index is 14.7. The van der Waals surface area contributed by atoms with Gasteiger partial charge < -0.3 is 14.0 Å². The first-order valence-electron chi connectivity index (χ1n) is 11.9. The summed E-state index contributed by atoms with van der Waals surface area (Å²) in [5, 5.41) is 9.58. The summed E-state index contributed by atoms with van der Waals surface area (Å²) in [4.78, 5) is 7.20. The van der Waals surface area contributed by atoms with Gasteiger partial charge >= 0.3 is 0 Å². The zero-order valence-electron chi connectivity index (χ0n) is 19.5. The van der Waals surface area contributed by atoms with E-state index in [0.717, 1.165) is 63.1 Å². The number of nitrogens with zero attached hydrogens (tertiary/aromatic N) is 5. The third kappa shape index (κ3) is 4.29. The van der Waals surface area contributed by atoms with Crippen LogP contribution in [0.15, 0.2) is 22.7 Å². The largest absolute Gasteiger partial charge is 0.383 e. The molecular weight excluding hydrogens is 425 g/mol. The lowest BCUT2D eigenvalue weighted by atomic mass is 9.78. The van der Waals surface area contributed by atoms with Crippen molar-refractivity contribution in [3.63, 3.8) is 0 Å². The fourth-order valence-electron chi connectivity index (χ4n) is 5.14. The highest BCUT2D eigenvalue weighted by Gasteiger charge is 2.40. The highest BCUT2D eigenvalue weighted by molar-refractivity contribution is 5.84. The molecule has 33 heavy (non-hydrogen) atoms. The topological polar surface area (TPSA) is 78.4 Å². The second kappa shape index (κ2) is 9.48. The fraction of sp³-hybridized carbons (Fsp3) is 0.625. The second-order valence-corrected chi connectivity index (χ2v) is 9.42. The summed E-state index contributed by atoms with van der Waals surface area (Å²) in [5.74, 6) is 0.907. The minimum Gasteiger partial charge on any atom is -0.383 e. The minimum absolute atomic E-state index is 0.151. The Labute approximate surface area is 193 Å². The molecule has 8 nitrogen and oxygen atoms in total. The van der Waals surface area contributed by atoms with Gasteiger partial charge in [0.2, 0.25) is 5.89 Å². The van der Waals surface area contributed by atoms with Crippen LogP contribution in [0.3, 0.4) is 0 Å². The molecule has 0 bridgehead atoms. The Kier molecular flexibility index (Phi) is 6.44. The van der Waals surface area contributed by atoms with Crippen molar-refractivity contribution in [2.24, 2.45) is 0 Å². The van der Waals surface area contributed by atoms with Crippen LogP contribution in [-0.2, 0) is 9.47 Å². The first-order chi connectivity index (χ1) is 16.1. The highest BCUT2D eigenvalue weighted by Crippen LogP contribution is 2.41. The van der Waals surface area contributed by atoms with Crippen molar-refractivity contribution in [1.82, 2.24) is 24.8 Å². The predicted molar refractivity (Wildman–Crippen MR) is 121 cm³/mol. The van der Waals surface area contributed by atoms with Crippen molar-refractivity contribution in [2.75, 3.05) is 33.5 Å².